The van der Waals surface area contributed by atoms with Crippen molar-refractivity contribution in [1.29, 1.82) is 0 Å². The van der Waals surface area contributed by atoms with Crippen LogP contribution < -0.4 is 5.32 Å². The number of hydrogen-bond donors (Lipinski definition) is 1. The number of nitrogens with one attached hydrogen (secondary N) is 1. The molecule has 0 rings (SSSR count). The minimum atomic E-state index is -2.05. The molecule has 0 fully saturated rings. The van der Waals surface area contributed by atoms with Crippen LogP contribution >= 0.6 is 0 Å². The maximum absolute atomic E-state index is 10.8. The van der Waals surface area contributed by atoms with Gasteiger partial charge in [-0.25, -0.2) is 0 Å². The topological polar surface area (TPSA) is 47.6 Å². The number of rotatable bonds is 7. The van der Waals surface area contributed by atoms with Gasteiger partial charge in [-0.3, -0.25) is 4.79 Å². The summed E-state index contributed by atoms with van der Waals surface area (Å²) in [5, 5.41) is 2.56. The quantitative estimate of drug-likeness (QED) is 0.398. The van der Waals surface area contributed by atoms with Gasteiger partial charge in [0.1, 0.15) is 6.73 Å². The molecule has 0 aliphatic rings. The van der Waals surface area contributed by atoms with Gasteiger partial charge in [-0.15, -0.1) is 0 Å². The van der Waals surface area contributed by atoms with E-state index in [1.165, 1.54) is 6.08 Å². The molecular formula is C9H19NO3Si. The smallest absolute Gasteiger partial charge is 0.335 e. The Bertz CT molecular complexity index is 198. The molecule has 0 saturated carbocycles. The van der Waals surface area contributed by atoms with Gasteiger partial charge in [0.15, 0.2) is 0 Å². The fraction of sp³-hybridized carbons (Fsp3) is 0.667. The van der Waals surface area contributed by atoms with Gasteiger partial charge in [0.25, 0.3) is 0 Å². The van der Waals surface area contributed by atoms with Crippen LogP contribution in [0.1, 0.15) is 13.3 Å². The molecule has 0 heterocycles. The summed E-state index contributed by atoms with van der Waals surface area (Å²) < 4.78 is 10.9. The fourth-order valence-corrected chi connectivity index (χ4v) is 2.77. The normalized spacial score (nSPS) is 14.5. The van der Waals surface area contributed by atoms with Crippen molar-refractivity contribution in [1.82, 2.24) is 5.32 Å². The monoisotopic (exact) mass is 217 g/mol. The molecule has 1 unspecified atom stereocenters. The molecule has 5 heteroatoms. The van der Waals surface area contributed by atoms with Crippen LogP contribution in [-0.4, -0.2) is 28.3 Å². The molecule has 0 aliphatic carbocycles. The first-order valence-electron chi connectivity index (χ1n) is 4.67. The second-order valence-corrected chi connectivity index (χ2v) is 6.59. The van der Waals surface area contributed by atoms with E-state index in [1.807, 2.05) is 6.55 Å². The van der Waals surface area contributed by atoms with E-state index in [4.69, 9.17) is 8.85 Å². The molecule has 82 valence electrons. The molecule has 0 aliphatic heterocycles. The summed E-state index contributed by atoms with van der Waals surface area (Å²) in [6.07, 6.45) is 2.24. The lowest BCUT2D eigenvalue weighted by Crippen LogP contribution is -2.41. The second-order valence-electron chi connectivity index (χ2n) is 3.12. The zero-order valence-corrected chi connectivity index (χ0v) is 10.1. The summed E-state index contributed by atoms with van der Waals surface area (Å²) >= 11 is 0. The number of hydrogen-bond acceptors (Lipinski definition) is 3. The Balaban J connectivity index is 3.82. The van der Waals surface area contributed by atoms with Crippen LogP contribution in [0, 0.1) is 0 Å². The molecule has 0 bridgehead atoms. The van der Waals surface area contributed by atoms with Gasteiger partial charge >= 0.3 is 8.56 Å². The molecule has 0 saturated heterocycles. The molecule has 0 radical (unpaired) electrons. The SMILES string of the molecule is C=CC(=O)NCO[Si](C)(CCC)OC. The van der Waals surface area contributed by atoms with Crippen molar-refractivity contribution < 1.29 is 13.6 Å². The van der Waals surface area contributed by atoms with Crippen LogP contribution in [0.3, 0.4) is 0 Å². The van der Waals surface area contributed by atoms with Crippen molar-refractivity contribution in [2.75, 3.05) is 13.8 Å². The van der Waals surface area contributed by atoms with Crippen molar-refractivity contribution in [3.05, 3.63) is 12.7 Å². The first-order valence-corrected chi connectivity index (χ1v) is 7.19. The zero-order valence-electron chi connectivity index (χ0n) is 9.13. The highest BCUT2D eigenvalue weighted by molar-refractivity contribution is 6.65. The lowest BCUT2D eigenvalue weighted by atomic mass is 10.6. The van der Waals surface area contributed by atoms with E-state index >= 15 is 0 Å². The van der Waals surface area contributed by atoms with Crippen LogP contribution in [0.15, 0.2) is 12.7 Å². The average Bonchev–Trinajstić information content (AvgIpc) is 2.18. The van der Waals surface area contributed by atoms with Gasteiger partial charge in [-0.1, -0.05) is 19.9 Å². The van der Waals surface area contributed by atoms with Gasteiger partial charge in [0.05, 0.1) is 0 Å². The number of carbonyl (C=O) groups excluding carboxylic acids is 1. The minimum Gasteiger partial charge on any atom is -0.398 e. The summed E-state index contributed by atoms with van der Waals surface area (Å²) in [4.78, 5) is 10.8. The highest BCUT2D eigenvalue weighted by Crippen LogP contribution is 2.13. The largest absolute Gasteiger partial charge is 0.398 e. The molecule has 0 spiro atoms. The maximum atomic E-state index is 10.8. The van der Waals surface area contributed by atoms with E-state index in [1.54, 1.807) is 7.11 Å². The van der Waals surface area contributed by atoms with Crippen LogP contribution in [0.2, 0.25) is 12.6 Å². The Hall–Kier alpha value is -0.653. The maximum Gasteiger partial charge on any atom is 0.335 e. The molecule has 4 nitrogen and oxygen atoms in total. The van der Waals surface area contributed by atoms with Crippen molar-refractivity contribution >= 4 is 14.5 Å². The fourth-order valence-electron chi connectivity index (χ4n) is 1.02. The summed E-state index contributed by atoms with van der Waals surface area (Å²) in [6.45, 7) is 7.60. The van der Waals surface area contributed by atoms with Crippen LogP contribution in [0.25, 0.3) is 0 Å². The highest BCUT2D eigenvalue weighted by Gasteiger charge is 2.28. The van der Waals surface area contributed by atoms with Crippen molar-refractivity contribution in [3.8, 4) is 0 Å². The van der Waals surface area contributed by atoms with Crippen LogP contribution in [0.4, 0.5) is 0 Å². The third-order valence-electron chi connectivity index (χ3n) is 1.95. The third kappa shape index (κ3) is 5.16. The summed E-state index contributed by atoms with van der Waals surface area (Å²) in [5.41, 5.74) is 0. The molecule has 0 aromatic rings. The summed E-state index contributed by atoms with van der Waals surface area (Å²) in [7, 11) is -0.402. The van der Waals surface area contributed by atoms with Gasteiger partial charge in [-0.05, 0) is 18.7 Å². The highest BCUT2D eigenvalue weighted by atomic mass is 28.4. The van der Waals surface area contributed by atoms with Crippen LogP contribution in [-0.2, 0) is 13.6 Å². The van der Waals surface area contributed by atoms with E-state index in [9.17, 15) is 4.79 Å². The van der Waals surface area contributed by atoms with Gasteiger partial charge in [-0.2, -0.15) is 0 Å². The first-order chi connectivity index (χ1) is 6.58. The predicted octanol–water partition coefficient (Wildman–Crippen LogP) is 1.39. The van der Waals surface area contributed by atoms with Crippen LogP contribution in [0.5, 0.6) is 0 Å². The molecule has 1 N–H and O–H groups in total. The molecular weight excluding hydrogens is 198 g/mol. The summed E-state index contributed by atoms with van der Waals surface area (Å²) in [5.74, 6) is -0.228. The molecule has 0 aromatic carbocycles. The zero-order chi connectivity index (χ0) is 11.0. The number of carbonyl (C=O) groups is 1. The van der Waals surface area contributed by atoms with E-state index in [0.717, 1.165) is 12.5 Å². The predicted molar refractivity (Wildman–Crippen MR) is 58.0 cm³/mol. The standard InChI is InChI=1S/C9H19NO3Si/c1-5-7-14(4,12-3)13-8-10-9(11)6-2/h6H,2,5,7-8H2,1,3-4H3,(H,10,11). The van der Waals surface area contributed by atoms with Crippen molar-refractivity contribution in [2.45, 2.75) is 25.9 Å². The van der Waals surface area contributed by atoms with Crippen molar-refractivity contribution in [3.63, 3.8) is 0 Å². The van der Waals surface area contributed by atoms with E-state index < -0.39 is 8.56 Å². The average molecular weight is 217 g/mol. The van der Waals surface area contributed by atoms with Gasteiger partial charge in [0.2, 0.25) is 5.91 Å². The Morgan fingerprint density at radius 1 is 1.64 bits per heavy atom. The number of amides is 1. The van der Waals surface area contributed by atoms with E-state index in [2.05, 4.69) is 18.8 Å². The second kappa shape index (κ2) is 6.75. The van der Waals surface area contributed by atoms with E-state index in [-0.39, 0.29) is 12.6 Å². The van der Waals surface area contributed by atoms with Gasteiger partial charge in [0, 0.05) is 7.11 Å². The Labute approximate surface area is 86.5 Å². The molecule has 0 aromatic heterocycles. The Kier molecular flexibility index (Phi) is 6.43. The molecule has 1 amide bonds. The summed E-state index contributed by atoms with van der Waals surface area (Å²) in [6, 6.07) is 0.924. The van der Waals surface area contributed by atoms with Crippen molar-refractivity contribution in [2.24, 2.45) is 0 Å². The molecule has 14 heavy (non-hydrogen) atoms. The lowest BCUT2D eigenvalue weighted by Gasteiger charge is -2.24. The van der Waals surface area contributed by atoms with E-state index in [0.29, 0.717) is 0 Å². The first kappa shape index (κ1) is 13.3. The lowest BCUT2D eigenvalue weighted by molar-refractivity contribution is -0.117. The third-order valence-corrected chi connectivity index (χ3v) is 4.97. The van der Waals surface area contributed by atoms with Gasteiger partial charge < -0.3 is 14.2 Å². The Morgan fingerprint density at radius 3 is 2.71 bits per heavy atom. The molecule has 1 atom stereocenters. The minimum absolute atomic E-state index is 0.196. The Morgan fingerprint density at radius 2 is 2.29 bits per heavy atom.